The second kappa shape index (κ2) is 7.23. The maximum atomic E-state index is 13.2. The topological polar surface area (TPSA) is 84.5 Å². The van der Waals surface area contributed by atoms with Crippen LogP contribution in [0.2, 0.25) is 0 Å². The highest BCUT2D eigenvalue weighted by Crippen LogP contribution is 2.29. The fourth-order valence-corrected chi connectivity index (χ4v) is 4.55. The maximum absolute atomic E-state index is 13.2. The van der Waals surface area contributed by atoms with Crippen LogP contribution in [0.1, 0.15) is 33.2 Å². The van der Waals surface area contributed by atoms with Gasteiger partial charge in [0.2, 0.25) is 5.75 Å². The fraction of sp³-hybridized carbons (Fsp3) is 0.261. The van der Waals surface area contributed by atoms with Gasteiger partial charge in [0.05, 0.1) is 6.04 Å². The zero-order valence-electron chi connectivity index (χ0n) is 16.6. The third kappa shape index (κ3) is 3.15. The smallest absolute Gasteiger partial charge is 0.332 e. The summed E-state index contributed by atoms with van der Waals surface area (Å²) in [4.78, 5) is 40.6. The van der Waals surface area contributed by atoms with E-state index in [1.165, 1.54) is 21.6 Å². The number of hydrogen-bond donors (Lipinski definition) is 1. The third-order valence-electron chi connectivity index (χ3n) is 6.12. The molecule has 3 aromatic rings. The number of hydrogen-bond acceptors (Lipinski definition) is 4. The van der Waals surface area contributed by atoms with E-state index in [1.807, 2.05) is 24.3 Å². The zero-order chi connectivity index (χ0) is 21.7. The van der Waals surface area contributed by atoms with Gasteiger partial charge < -0.3 is 10.0 Å². The molecule has 0 unspecified atom stereocenters. The lowest BCUT2D eigenvalue weighted by Gasteiger charge is -2.30. The molecule has 2 aliphatic rings. The van der Waals surface area contributed by atoms with E-state index in [9.17, 15) is 23.9 Å². The molecule has 0 bridgehead atoms. The van der Waals surface area contributed by atoms with E-state index in [-0.39, 0.29) is 31.1 Å². The number of fused-ring (bicyclic) bond motifs is 2. The van der Waals surface area contributed by atoms with E-state index in [4.69, 9.17) is 0 Å². The molecular weight excluding hydrogens is 401 g/mol. The summed E-state index contributed by atoms with van der Waals surface area (Å²) in [7, 11) is 0. The van der Waals surface area contributed by atoms with Crippen molar-refractivity contribution in [2.24, 2.45) is 0 Å². The summed E-state index contributed by atoms with van der Waals surface area (Å²) in [6, 6.07) is 13.1. The number of carbonyl (C=O) groups is 1. The van der Waals surface area contributed by atoms with Crippen molar-refractivity contribution in [2.45, 2.75) is 32.0 Å². The first-order valence-electron chi connectivity index (χ1n) is 10.1. The maximum Gasteiger partial charge on any atom is 0.332 e. The van der Waals surface area contributed by atoms with Gasteiger partial charge in [-0.1, -0.05) is 36.4 Å². The van der Waals surface area contributed by atoms with E-state index in [2.05, 4.69) is 0 Å². The molecule has 0 saturated heterocycles. The molecule has 1 amide bonds. The Labute approximate surface area is 176 Å². The monoisotopic (exact) mass is 421 g/mol. The molecule has 1 N–H and O–H groups in total. The molecule has 31 heavy (non-hydrogen) atoms. The summed E-state index contributed by atoms with van der Waals surface area (Å²) in [5.74, 6) is -1.67. The van der Waals surface area contributed by atoms with Crippen molar-refractivity contribution in [1.29, 1.82) is 0 Å². The zero-order valence-corrected chi connectivity index (χ0v) is 16.6. The summed E-state index contributed by atoms with van der Waals surface area (Å²) in [5.41, 5.74) is 1.15. The Bertz CT molecular complexity index is 1280. The molecule has 1 aliphatic heterocycles. The molecule has 7 nitrogen and oxygen atoms in total. The third-order valence-corrected chi connectivity index (χ3v) is 6.12. The lowest BCUT2D eigenvalue weighted by Crippen LogP contribution is -2.50. The lowest BCUT2D eigenvalue weighted by molar-refractivity contribution is 0.0676. The molecule has 1 aliphatic carbocycles. The van der Waals surface area contributed by atoms with Crippen molar-refractivity contribution < 1.29 is 14.3 Å². The van der Waals surface area contributed by atoms with Crippen molar-refractivity contribution in [2.75, 3.05) is 6.54 Å². The fourth-order valence-electron chi connectivity index (χ4n) is 4.55. The van der Waals surface area contributed by atoms with Crippen LogP contribution < -0.4 is 11.2 Å². The van der Waals surface area contributed by atoms with Gasteiger partial charge in [0, 0.05) is 19.6 Å². The van der Waals surface area contributed by atoms with E-state index >= 15 is 0 Å². The van der Waals surface area contributed by atoms with E-state index in [0.29, 0.717) is 18.4 Å². The number of aromatic nitrogens is 2. The van der Waals surface area contributed by atoms with Crippen LogP contribution in [0.25, 0.3) is 0 Å². The quantitative estimate of drug-likeness (QED) is 0.700. The van der Waals surface area contributed by atoms with Gasteiger partial charge >= 0.3 is 5.69 Å². The van der Waals surface area contributed by atoms with Gasteiger partial charge in [0.1, 0.15) is 5.82 Å². The van der Waals surface area contributed by atoms with Gasteiger partial charge in [-0.25, -0.2) is 9.18 Å². The molecule has 0 spiro atoms. The number of aromatic hydroxyl groups is 1. The Morgan fingerprint density at radius 1 is 0.935 bits per heavy atom. The van der Waals surface area contributed by atoms with Crippen LogP contribution in [0.15, 0.2) is 58.1 Å². The van der Waals surface area contributed by atoms with Gasteiger partial charge in [-0.15, -0.1) is 0 Å². The van der Waals surface area contributed by atoms with Crippen molar-refractivity contribution in [3.8, 4) is 5.75 Å². The second-order valence-corrected chi connectivity index (χ2v) is 7.99. The van der Waals surface area contributed by atoms with Crippen LogP contribution in [-0.4, -0.2) is 31.6 Å². The molecule has 0 atom stereocenters. The van der Waals surface area contributed by atoms with E-state index in [0.717, 1.165) is 15.7 Å². The van der Waals surface area contributed by atoms with Crippen molar-refractivity contribution in [3.05, 3.63) is 97.6 Å². The minimum absolute atomic E-state index is 0.161. The van der Waals surface area contributed by atoms with Crippen LogP contribution in [0, 0.1) is 5.82 Å². The highest BCUT2D eigenvalue weighted by atomic mass is 19.1. The van der Waals surface area contributed by atoms with Crippen LogP contribution >= 0.6 is 0 Å². The largest absolute Gasteiger partial charge is 0.501 e. The highest BCUT2D eigenvalue weighted by molar-refractivity contribution is 5.95. The molecule has 0 fully saturated rings. The summed E-state index contributed by atoms with van der Waals surface area (Å²) in [6.07, 6.45) is 1.05. The van der Waals surface area contributed by atoms with Crippen LogP contribution in [0.5, 0.6) is 5.75 Å². The summed E-state index contributed by atoms with van der Waals surface area (Å²) >= 11 is 0. The molecular formula is C23H20FN3O4. The van der Waals surface area contributed by atoms with Gasteiger partial charge in [-0.2, -0.15) is 0 Å². The normalized spacial score (nSPS) is 15.8. The van der Waals surface area contributed by atoms with Crippen molar-refractivity contribution in [1.82, 2.24) is 14.0 Å². The Morgan fingerprint density at radius 2 is 1.58 bits per heavy atom. The van der Waals surface area contributed by atoms with Gasteiger partial charge in [-0.3, -0.25) is 18.7 Å². The van der Waals surface area contributed by atoms with Crippen LogP contribution in [0.4, 0.5) is 4.39 Å². The second-order valence-electron chi connectivity index (χ2n) is 7.99. The van der Waals surface area contributed by atoms with E-state index in [1.54, 1.807) is 12.1 Å². The minimum Gasteiger partial charge on any atom is -0.501 e. The standard InChI is InChI=1S/C23H20FN3O4/c24-17-7-5-14(6-8-17)13-25-9-10-26-19(21(25)29)20(28)22(30)27(23(26)31)18-11-15-3-1-2-4-16(15)12-18/h1-8,18,28H,9-13H2. The highest BCUT2D eigenvalue weighted by Gasteiger charge is 2.34. The first kappa shape index (κ1) is 19.3. The first-order chi connectivity index (χ1) is 14.9. The summed E-state index contributed by atoms with van der Waals surface area (Å²) in [6.45, 7) is 0.591. The average molecular weight is 421 g/mol. The summed E-state index contributed by atoms with van der Waals surface area (Å²) < 4.78 is 15.4. The van der Waals surface area contributed by atoms with Crippen molar-refractivity contribution in [3.63, 3.8) is 0 Å². The predicted molar refractivity (Wildman–Crippen MR) is 111 cm³/mol. The molecule has 0 saturated carbocycles. The molecule has 5 rings (SSSR count). The van der Waals surface area contributed by atoms with Crippen molar-refractivity contribution >= 4 is 5.91 Å². The van der Waals surface area contributed by atoms with Gasteiger partial charge in [0.25, 0.3) is 11.5 Å². The predicted octanol–water partition coefficient (Wildman–Crippen LogP) is 1.85. The Hall–Kier alpha value is -3.68. The molecule has 8 heteroatoms. The van der Waals surface area contributed by atoms with Gasteiger partial charge in [0.15, 0.2) is 5.69 Å². The summed E-state index contributed by atoms with van der Waals surface area (Å²) in [5, 5.41) is 10.6. The average Bonchev–Trinajstić information content (AvgIpc) is 3.19. The van der Waals surface area contributed by atoms with Crippen LogP contribution in [-0.2, 0) is 25.9 Å². The Balaban J connectivity index is 1.50. The first-order valence-corrected chi connectivity index (χ1v) is 10.1. The lowest BCUT2D eigenvalue weighted by atomic mass is 10.1. The number of halogens is 1. The number of carbonyl (C=O) groups excluding carboxylic acids is 1. The Kier molecular flexibility index (Phi) is 4.50. The number of amides is 1. The minimum atomic E-state index is -0.842. The van der Waals surface area contributed by atoms with Gasteiger partial charge in [-0.05, 0) is 41.7 Å². The number of rotatable bonds is 3. The van der Waals surface area contributed by atoms with Crippen LogP contribution in [0.3, 0.4) is 0 Å². The van der Waals surface area contributed by atoms with E-state index < -0.39 is 28.9 Å². The Morgan fingerprint density at radius 3 is 2.23 bits per heavy atom. The molecule has 1 aromatic heterocycles. The SMILES string of the molecule is O=C1c2c(O)c(=O)n(C3Cc4ccccc4C3)c(=O)n2CCN1Cc1ccc(F)cc1. The molecule has 2 heterocycles. The number of nitrogens with zero attached hydrogens (tertiary/aromatic N) is 3. The number of benzene rings is 2. The molecule has 2 aromatic carbocycles. The molecule has 0 radical (unpaired) electrons. The molecule has 158 valence electrons.